The Morgan fingerprint density at radius 1 is 1.22 bits per heavy atom. The summed E-state index contributed by atoms with van der Waals surface area (Å²) >= 11 is 5.26. The summed E-state index contributed by atoms with van der Waals surface area (Å²) in [4.78, 5) is 19.1. The van der Waals surface area contributed by atoms with Crippen LogP contribution in [-0.4, -0.2) is 69.5 Å². The number of nitrogens with zero attached hydrogens (tertiary/aromatic N) is 5. The van der Waals surface area contributed by atoms with Gasteiger partial charge in [-0.2, -0.15) is 9.40 Å². The number of piperazine rings is 1. The lowest BCUT2D eigenvalue weighted by atomic mass is 10.2. The molecule has 1 fully saturated rings. The summed E-state index contributed by atoms with van der Waals surface area (Å²) in [7, 11) is -3.73. The molecule has 3 heterocycles. The van der Waals surface area contributed by atoms with E-state index in [1.54, 1.807) is 27.8 Å². The van der Waals surface area contributed by atoms with Crippen LogP contribution in [0, 0.1) is 11.7 Å². The van der Waals surface area contributed by atoms with E-state index in [4.69, 9.17) is 12.2 Å². The van der Waals surface area contributed by atoms with Crippen molar-refractivity contribution in [2.45, 2.75) is 38.1 Å². The normalized spacial score (nSPS) is 15.4. The Morgan fingerprint density at radius 3 is 2.69 bits per heavy atom. The van der Waals surface area contributed by atoms with Gasteiger partial charge in [-0.15, -0.1) is 0 Å². The number of rotatable bonds is 6. The van der Waals surface area contributed by atoms with Gasteiger partial charge >= 0.3 is 0 Å². The van der Waals surface area contributed by atoms with Gasteiger partial charge in [0.15, 0.2) is 4.77 Å². The number of aryl methyl sites for hydroxylation is 2. The second-order valence-corrected chi connectivity index (χ2v) is 10.2. The molecule has 0 radical (unpaired) electrons. The number of fused-ring (bicyclic) bond motifs is 1. The maximum Gasteiger partial charge on any atom is 0.245 e. The molecule has 2 aromatic heterocycles. The first-order valence-corrected chi connectivity index (χ1v) is 12.4. The molecule has 3 aromatic rings. The van der Waals surface area contributed by atoms with Crippen LogP contribution in [-0.2, 0) is 27.8 Å². The highest BCUT2D eigenvalue weighted by Crippen LogP contribution is 2.25. The maximum absolute atomic E-state index is 13.3. The number of sulfonamides is 1. The first-order chi connectivity index (χ1) is 15.3. The molecule has 0 aliphatic carbocycles. The number of nitrogens with one attached hydrogen (secondary N) is 1. The molecule has 1 N–H and O–H groups in total. The van der Waals surface area contributed by atoms with Crippen molar-refractivity contribution in [1.82, 2.24) is 29.0 Å². The molecular formula is C21H26N6O3S2. The van der Waals surface area contributed by atoms with Gasteiger partial charge in [-0.25, -0.2) is 8.42 Å². The summed E-state index contributed by atoms with van der Waals surface area (Å²) in [6.07, 6.45) is 3.30. The molecule has 1 aliphatic heterocycles. The van der Waals surface area contributed by atoms with Crippen LogP contribution < -0.4 is 0 Å². The third-order valence-electron chi connectivity index (χ3n) is 5.62. The van der Waals surface area contributed by atoms with Crippen molar-refractivity contribution in [1.29, 1.82) is 0 Å². The van der Waals surface area contributed by atoms with Gasteiger partial charge in [-0.3, -0.25) is 19.4 Å². The molecule has 11 heteroatoms. The van der Waals surface area contributed by atoms with Crippen LogP contribution in [0.2, 0.25) is 0 Å². The van der Waals surface area contributed by atoms with Gasteiger partial charge in [0.25, 0.3) is 0 Å². The number of carbonyl (C=O) groups is 1. The lowest BCUT2D eigenvalue weighted by Crippen LogP contribution is -2.51. The third kappa shape index (κ3) is 4.32. The van der Waals surface area contributed by atoms with E-state index in [0.717, 1.165) is 29.6 Å². The van der Waals surface area contributed by atoms with E-state index < -0.39 is 10.0 Å². The minimum Gasteiger partial charge on any atom is -0.338 e. The van der Waals surface area contributed by atoms with E-state index in [9.17, 15) is 13.2 Å². The quantitative estimate of drug-likeness (QED) is 0.550. The molecule has 32 heavy (non-hydrogen) atoms. The number of carbonyl (C=O) groups excluding carboxylic acids is 1. The van der Waals surface area contributed by atoms with Crippen molar-refractivity contribution in [3.8, 4) is 0 Å². The Morgan fingerprint density at radius 2 is 1.97 bits per heavy atom. The fourth-order valence-corrected chi connectivity index (χ4v) is 5.73. The smallest absolute Gasteiger partial charge is 0.245 e. The van der Waals surface area contributed by atoms with Gasteiger partial charge in [0.1, 0.15) is 17.3 Å². The molecule has 1 amide bonds. The number of benzene rings is 1. The van der Waals surface area contributed by atoms with Crippen LogP contribution >= 0.6 is 12.2 Å². The molecule has 1 aliphatic rings. The first kappa shape index (κ1) is 22.6. The van der Waals surface area contributed by atoms with Crippen molar-refractivity contribution < 1.29 is 13.2 Å². The summed E-state index contributed by atoms with van der Waals surface area (Å²) in [5, 5.41) is 7.73. The van der Waals surface area contributed by atoms with Crippen LogP contribution in [0.5, 0.6) is 0 Å². The van der Waals surface area contributed by atoms with Crippen LogP contribution in [0.3, 0.4) is 0 Å². The van der Waals surface area contributed by atoms with Crippen molar-refractivity contribution in [2.24, 2.45) is 0 Å². The summed E-state index contributed by atoms with van der Waals surface area (Å²) < 4.78 is 30.2. The predicted octanol–water partition coefficient (Wildman–Crippen LogP) is 2.28. The Balaban J connectivity index is 1.47. The fraction of sp³-hybridized carbons (Fsp3) is 0.429. The number of aromatic nitrogens is 4. The average Bonchev–Trinajstić information content (AvgIpc) is 3.12. The molecule has 4 rings (SSSR count). The highest BCUT2D eigenvalue weighted by Gasteiger charge is 2.31. The lowest BCUT2D eigenvalue weighted by molar-refractivity contribution is -0.133. The van der Waals surface area contributed by atoms with Crippen molar-refractivity contribution in [2.75, 3.05) is 26.2 Å². The van der Waals surface area contributed by atoms with E-state index in [2.05, 4.69) is 15.2 Å². The zero-order chi connectivity index (χ0) is 22.9. The molecule has 0 spiro atoms. The number of aromatic amines is 1. The number of H-pyrrole nitrogens is 1. The Hall–Kier alpha value is -2.63. The van der Waals surface area contributed by atoms with E-state index in [1.807, 2.05) is 26.0 Å². The number of amides is 1. The average molecular weight is 475 g/mol. The summed E-state index contributed by atoms with van der Waals surface area (Å²) in [5.41, 5.74) is 1.44. The Bertz CT molecular complexity index is 1310. The van der Waals surface area contributed by atoms with Crippen LogP contribution in [0.25, 0.3) is 10.9 Å². The molecule has 1 saturated heterocycles. The maximum atomic E-state index is 13.3. The van der Waals surface area contributed by atoms with E-state index in [1.165, 1.54) is 4.31 Å². The molecule has 9 nitrogen and oxygen atoms in total. The summed E-state index contributed by atoms with van der Waals surface area (Å²) in [6, 6.07) is 7.11. The molecule has 0 bridgehead atoms. The summed E-state index contributed by atoms with van der Waals surface area (Å²) in [5.74, 6) is 0.657. The second-order valence-electron chi connectivity index (χ2n) is 7.91. The summed E-state index contributed by atoms with van der Waals surface area (Å²) in [6.45, 7) is 5.17. The lowest BCUT2D eigenvalue weighted by Gasteiger charge is -2.34. The van der Waals surface area contributed by atoms with Gasteiger partial charge in [0.2, 0.25) is 15.9 Å². The van der Waals surface area contributed by atoms with E-state index >= 15 is 0 Å². The SMILES string of the molecule is CCCc1n[nH]c(=S)n1CC(=O)N1CCN(S(=O)(=O)c2cccc3cc(C)cnc23)CC1. The monoisotopic (exact) mass is 474 g/mol. The van der Waals surface area contributed by atoms with Crippen molar-refractivity contribution in [3.05, 3.63) is 46.6 Å². The van der Waals surface area contributed by atoms with Crippen LogP contribution in [0.1, 0.15) is 24.7 Å². The molecular weight excluding hydrogens is 448 g/mol. The molecule has 1 aromatic carbocycles. The molecule has 0 saturated carbocycles. The predicted molar refractivity (Wildman–Crippen MR) is 123 cm³/mol. The van der Waals surface area contributed by atoms with Gasteiger partial charge < -0.3 is 4.90 Å². The van der Waals surface area contributed by atoms with E-state index in [0.29, 0.717) is 23.4 Å². The second kappa shape index (κ2) is 9.08. The largest absolute Gasteiger partial charge is 0.338 e. The number of hydrogen-bond acceptors (Lipinski definition) is 6. The van der Waals surface area contributed by atoms with Crippen molar-refractivity contribution in [3.63, 3.8) is 0 Å². The van der Waals surface area contributed by atoms with Gasteiger partial charge in [0, 0.05) is 44.2 Å². The zero-order valence-electron chi connectivity index (χ0n) is 18.1. The standard InChI is InChI=1S/C21H26N6O3S2/c1-3-5-18-23-24-21(31)27(18)14-19(28)25-8-10-26(11-9-25)32(29,30)17-7-4-6-16-12-15(2)13-22-20(16)17/h4,6-7,12-13H,3,5,8-11,14H2,1-2H3,(H,24,31). The minimum absolute atomic E-state index is 0.0980. The number of para-hydroxylation sites is 1. The molecule has 170 valence electrons. The topological polar surface area (TPSA) is 104 Å². The van der Waals surface area contributed by atoms with Crippen LogP contribution in [0.15, 0.2) is 35.4 Å². The van der Waals surface area contributed by atoms with Gasteiger partial charge in [-0.05, 0) is 43.3 Å². The van der Waals surface area contributed by atoms with Crippen LogP contribution in [0.4, 0.5) is 0 Å². The highest BCUT2D eigenvalue weighted by atomic mass is 32.2. The van der Waals surface area contributed by atoms with Gasteiger partial charge in [0.05, 0.1) is 5.52 Å². The first-order valence-electron chi connectivity index (χ1n) is 10.6. The Labute approximate surface area is 192 Å². The molecule has 0 unspecified atom stereocenters. The Kier molecular flexibility index (Phi) is 6.40. The van der Waals surface area contributed by atoms with Gasteiger partial charge in [-0.1, -0.05) is 19.1 Å². The highest BCUT2D eigenvalue weighted by molar-refractivity contribution is 7.89. The number of hydrogen-bond donors (Lipinski definition) is 1. The molecule has 0 atom stereocenters. The minimum atomic E-state index is -3.73. The third-order valence-corrected chi connectivity index (χ3v) is 7.87. The van der Waals surface area contributed by atoms with E-state index in [-0.39, 0.29) is 30.4 Å². The van der Waals surface area contributed by atoms with Crippen molar-refractivity contribution >= 4 is 39.1 Å². The number of pyridine rings is 1. The fourth-order valence-electron chi connectivity index (χ4n) is 3.93. The zero-order valence-corrected chi connectivity index (χ0v) is 19.7.